The highest BCUT2D eigenvalue weighted by Gasteiger charge is 2.24. The molecule has 0 unspecified atom stereocenters. The number of hydrogen-bond donors (Lipinski definition) is 1. The van der Waals surface area contributed by atoms with Gasteiger partial charge in [-0.25, -0.2) is 8.78 Å². The molecular weight excluding hydrogens is 354 g/mol. The number of benzene rings is 3. The molecule has 1 saturated carbocycles. The monoisotopic (exact) mass is 380 g/mol. The van der Waals surface area contributed by atoms with Gasteiger partial charge in [0.1, 0.15) is 17.4 Å². The molecule has 0 aliphatic heterocycles. The third-order valence-corrected chi connectivity index (χ3v) is 6.19. The van der Waals surface area contributed by atoms with Crippen LogP contribution in [-0.2, 0) is 0 Å². The molecule has 3 aromatic rings. The summed E-state index contributed by atoms with van der Waals surface area (Å²) in [6.45, 7) is 2.21. The lowest BCUT2D eigenvalue weighted by atomic mass is 9.77. The molecule has 0 aromatic heterocycles. The summed E-state index contributed by atoms with van der Waals surface area (Å²) in [4.78, 5) is 0. The van der Waals surface area contributed by atoms with Crippen LogP contribution in [0.4, 0.5) is 8.78 Å². The van der Waals surface area contributed by atoms with E-state index < -0.39 is 11.6 Å². The Kier molecular flexibility index (Phi) is 5.34. The molecule has 1 nitrogen and oxygen atoms in total. The first kappa shape index (κ1) is 18.9. The lowest BCUT2D eigenvalue weighted by Crippen LogP contribution is -2.13. The second-order valence-electron chi connectivity index (χ2n) is 8.11. The number of aromatic hydroxyl groups is 1. The number of rotatable bonds is 4. The SMILES string of the molecule is CCCC1CCC(c2cc(F)c(-c3ccc4cc(O)ccc4c3)c(F)c2)CC1. The number of fused-ring (bicyclic) bond motifs is 1. The summed E-state index contributed by atoms with van der Waals surface area (Å²) in [5.74, 6) is 0.209. The van der Waals surface area contributed by atoms with Crippen LogP contribution in [0.2, 0.25) is 0 Å². The summed E-state index contributed by atoms with van der Waals surface area (Å²) in [5, 5.41) is 11.3. The molecule has 146 valence electrons. The van der Waals surface area contributed by atoms with Crippen LogP contribution in [0.15, 0.2) is 48.5 Å². The highest BCUT2D eigenvalue weighted by Crippen LogP contribution is 2.39. The van der Waals surface area contributed by atoms with Crippen molar-refractivity contribution in [3.63, 3.8) is 0 Å². The van der Waals surface area contributed by atoms with Gasteiger partial charge in [-0.15, -0.1) is 0 Å². The van der Waals surface area contributed by atoms with Crippen LogP contribution >= 0.6 is 0 Å². The highest BCUT2D eigenvalue weighted by molar-refractivity contribution is 5.88. The van der Waals surface area contributed by atoms with E-state index in [0.29, 0.717) is 5.56 Å². The standard InChI is InChI=1S/C25H26F2O/c1-2-3-16-4-6-17(7-5-16)21-14-23(26)25(24(27)15-21)20-9-8-19-13-22(28)11-10-18(19)12-20/h8-17,28H,2-7H2,1H3. The zero-order valence-electron chi connectivity index (χ0n) is 16.2. The smallest absolute Gasteiger partial charge is 0.134 e. The van der Waals surface area contributed by atoms with Crippen molar-refractivity contribution in [2.75, 3.05) is 0 Å². The Morgan fingerprint density at radius 1 is 0.857 bits per heavy atom. The second kappa shape index (κ2) is 7.90. The fraction of sp³-hybridized carbons (Fsp3) is 0.360. The first-order chi connectivity index (χ1) is 13.5. The fourth-order valence-electron chi connectivity index (χ4n) is 4.69. The van der Waals surface area contributed by atoms with Crippen molar-refractivity contribution >= 4 is 10.8 Å². The predicted octanol–water partition coefficient (Wildman–Crippen LogP) is 7.56. The molecule has 1 fully saturated rings. The van der Waals surface area contributed by atoms with Crippen LogP contribution in [-0.4, -0.2) is 5.11 Å². The second-order valence-corrected chi connectivity index (χ2v) is 8.11. The van der Waals surface area contributed by atoms with E-state index in [-0.39, 0.29) is 17.2 Å². The Morgan fingerprint density at radius 3 is 2.18 bits per heavy atom. The molecule has 3 aromatic carbocycles. The van der Waals surface area contributed by atoms with Crippen molar-refractivity contribution in [2.24, 2.45) is 5.92 Å². The van der Waals surface area contributed by atoms with Crippen molar-refractivity contribution in [3.05, 3.63) is 65.7 Å². The minimum atomic E-state index is -0.496. The summed E-state index contributed by atoms with van der Waals surface area (Å²) in [6.07, 6.45) is 6.81. The lowest BCUT2D eigenvalue weighted by Gasteiger charge is -2.29. The van der Waals surface area contributed by atoms with E-state index in [0.717, 1.165) is 47.9 Å². The molecule has 3 heteroatoms. The van der Waals surface area contributed by atoms with Crippen molar-refractivity contribution < 1.29 is 13.9 Å². The summed E-state index contributed by atoms with van der Waals surface area (Å²) in [7, 11) is 0. The molecule has 0 bridgehead atoms. The molecule has 1 aliphatic carbocycles. The van der Waals surface area contributed by atoms with Crippen molar-refractivity contribution in [1.82, 2.24) is 0 Å². The maximum absolute atomic E-state index is 14.9. The Balaban J connectivity index is 1.62. The fourth-order valence-corrected chi connectivity index (χ4v) is 4.69. The van der Waals surface area contributed by atoms with E-state index >= 15 is 0 Å². The van der Waals surface area contributed by atoms with Gasteiger partial charge in [0.05, 0.1) is 5.56 Å². The number of phenols is 1. The quantitative estimate of drug-likeness (QED) is 0.495. The predicted molar refractivity (Wildman–Crippen MR) is 111 cm³/mol. The Hall–Kier alpha value is -2.42. The molecule has 0 spiro atoms. The average Bonchev–Trinajstić information content (AvgIpc) is 2.68. The summed E-state index contributed by atoms with van der Waals surface area (Å²) in [6, 6.07) is 13.3. The Labute approximate surface area is 165 Å². The van der Waals surface area contributed by atoms with Crippen LogP contribution < -0.4 is 0 Å². The van der Waals surface area contributed by atoms with Gasteiger partial charge in [0.25, 0.3) is 0 Å². The third-order valence-electron chi connectivity index (χ3n) is 6.19. The van der Waals surface area contributed by atoms with Crippen molar-refractivity contribution in [2.45, 2.75) is 51.4 Å². The van der Waals surface area contributed by atoms with Crippen LogP contribution in [0.25, 0.3) is 21.9 Å². The average molecular weight is 380 g/mol. The minimum Gasteiger partial charge on any atom is -0.508 e. The van der Waals surface area contributed by atoms with Crippen LogP contribution in [0.1, 0.15) is 56.9 Å². The molecule has 0 amide bonds. The molecule has 0 radical (unpaired) electrons. The number of phenolic OH excluding ortho intramolecular Hbond substituents is 1. The van der Waals surface area contributed by atoms with E-state index in [1.165, 1.54) is 25.0 Å². The van der Waals surface area contributed by atoms with Crippen LogP contribution in [0, 0.1) is 17.6 Å². The van der Waals surface area contributed by atoms with Gasteiger partial charge in [0, 0.05) is 0 Å². The maximum Gasteiger partial charge on any atom is 0.134 e. The van der Waals surface area contributed by atoms with Gasteiger partial charge in [-0.2, -0.15) is 0 Å². The van der Waals surface area contributed by atoms with Gasteiger partial charge in [0.2, 0.25) is 0 Å². The molecular formula is C25H26F2O. The molecule has 1 aliphatic rings. The Bertz CT molecular complexity index is 964. The topological polar surface area (TPSA) is 20.2 Å². The van der Waals surface area contributed by atoms with E-state index in [1.807, 2.05) is 0 Å². The lowest BCUT2D eigenvalue weighted by molar-refractivity contribution is 0.307. The third kappa shape index (κ3) is 3.76. The zero-order chi connectivity index (χ0) is 19.7. The first-order valence-electron chi connectivity index (χ1n) is 10.3. The molecule has 0 saturated heterocycles. The maximum atomic E-state index is 14.9. The van der Waals surface area contributed by atoms with Gasteiger partial charge in [-0.1, -0.05) is 38.0 Å². The normalized spacial score (nSPS) is 19.8. The summed E-state index contributed by atoms with van der Waals surface area (Å²) < 4.78 is 29.9. The van der Waals surface area contributed by atoms with Gasteiger partial charge in [-0.05, 0) is 89.8 Å². The number of hydrogen-bond acceptors (Lipinski definition) is 1. The summed E-state index contributed by atoms with van der Waals surface area (Å²) in [5.41, 5.74) is 1.34. The zero-order valence-corrected chi connectivity index (χ0v) is 16.2. The van der Waals surface area contributed by atoms with Gasteiger partial charge >= 0.3 is 0 Å². The summed E-state index contributed by atoms with van der Waals surface area (Å²) >= 11 is 0. The number of halogens is 2. The molecule has 0 heterocycles. The van der Waals surface area contributed by atoms with E-state index in [1.54, 1.807) is 36.4 Å². The van der Waals surface area contributed by atoms with Crippen molar-refractivity contribution in [3.8, 4) is 16.9 Å². The highest BCUT2D eigenvalue weighted by atomic mass is 19.1. The van der Waals surface area contributed by atoms with Crippen molar-refractivity contribution in [1.29, 1.82) is 0 Å². The molecule has 4 rings (SSSR count). The van der Waals surface area contributed by atoms with Crippen LogP contribution in [0.3, 0.4) is 0 Å². The largest absolute Gasteiger partial charge is 0.508 e. The van der Waals surface area contributed by atoms with Gasteiger partial charge in [-0.3, -0.25) is 0 Å². The molecule has 1 N–H and O–H groups in total. The van der Waals surface area contributed by atoms with E-state index in [9.17, 15) is 13.9 Å². The van der Waals surface area contributed by atoms with E-state index in [2.05, 4.69) is 6.92 Å². The van der Waals surface area contributed by atoms with Gasteiger partial charge in [0.15, 0.2) is 0 Å². The minimum absolute atomic E-state index is 0.0263. The first-order valence-corrected chi connectivity index (χ1v) is 10.3. The van der Waals surface area contributed by atoms with Crippen LogP contribution in [0.5, 0.6) is 5.75 Å². The molecule has 0 atom stereocenters. The van der Waals surface area contributed by atoms with E-state index in [4.69, 9.17) is 0 Å². The molecule has 28 heavy (non-hydrogen) atoms. The Morgan fingerprint density at radius 2 is 1.50 bits per heavy atom. The van der Waals surface area contributed by atoms with Gasteiger partial charge < -0.3 is 5.11 Å².